The highest BCUT2D eigenvalue weighted by Gasteiger charge is 2.28. The second-order valence-electron chi connectivity index (χ2n) is 5.83. The summed E-state index contributed by atoms with van der Waals surface area (Å²) >= 11 is 0. The fraction of sp³-hybridized carbons (Fsp3) is 0.611. The van der Waals surface area contributed by atoms with Crippen molar-refractivity contribution in [3.05, 3.63) is 23.8 Å². The molecule has 24 heavy (non-hydrogen) atoms. The molecule has 6 heteroatoms. The molecule has 1 aromatic carbocycles. The molecule has 0 aromatic heterocycles. The number of carbonyl (C=O) groups is 1. The van der Waals surface area contributed by atoms with Crippen LogP contribution in [0.4, 0.5) is 0 Å². The molecule has 1 heterocycles. The van der Waals surface area contributed by atoms with E-state index in [2.05, 4.69) is 6.92 Å². The van der Waals surface area contributed by atoms with Crippen molar-refractivity contribution in [1.29, 1.82) is 0 Å². The number of hydrogen-bond donors (Lipinski definition) is 1. The third-order valence-electron chi connectivity index (χ3n) is 4.16. The lowest BCUT2D eigenvalue weighted by molar-refractivity contribution is 0.0740. The van der Waals surface area contributed by atoms with Crippen LogP contribution in [0.25, 0.3) is 0 Å². The molecule has 2 N–H and O–H groups in total. The largest absolute Gasteiger partial charge is 0.490 e. The van der Waals surface area contributed by atoms with Gasteiger partial charge in [-0.05, 0) is 44.4 Å². The van der Waals surface area contributed by atoms with Crippen LogP contribution in [0.15, 0.2) is 18.2 Å². The van der Waals surface area contributed by atoms with Gasteiger partial charge >= 0.3 is 0 Å². The summed E-state index contributed by atoms with van der Waals surface area (Å²) in [6, 6.07) is 5.59. The standard InChI is InChI=1S/C18H28N2O3.ClH/c1-3-5-11-23-16-9-8-14(12-17(16)22-4-2)18(21)20-10-6-7-15(20)13-19;/h8-9,12,15H,3-7,10-11,13,19H2,1-2H3;1H. The van der Waals surface area contributed by atoms with E-state index in [-0.39, 0.29) is 24.4 Å². The first-order chi connectivity index (χ1) is 11.2. The Morgan fingerprint density at radius 1 is 1.29 bits per heavy atom. The normalized spacial score (nSPS) is 16.6. The number of nitrogens with zero attached hydrogens (tertiary/aromatic N) is 1. The molecule has 0 spiro atoms. The van der Waals surface area contributed by atoms with E-state index in [1.165, 1.54) is 0 Å². The number of benzene rings is 1. The summed E-state index contributed by atoms with van der Waals surface area (Å²) in [5, 5.41) is 0. The molecular formula is C18H29ClN2O3. The highest BCUT2D eigenvalue weighted by Crippen LogP contribution is 2.30. The zero-order valence-electron chi connectivity index (χ0n) is 14.6. The molecule has 1 atom stereocenters. The van der Waals surface area contributed by atoms with Gasteiger partial charge in [-0.15, -0.1) is 12.4 Å². The van der Waals surface area contributed by atoms with Crippen LogP contribution in [-0.2, 0) is 0 Å². The summed E-state index contributed by atoms with van der Waals surface area (Å²) in [7, 11) is 0. The number of unbranched alkanes of at least 4 members (excludes halogenated alkanes) is 1. The summed E-state index contributed by atoms with van der Waals surface area (Å²) in [6.07, 6.45) is 4.08. The lowest BCUT2D eigenvalue weighted by Crippen LogP contribution is -2.39. The topological polar surface area (TPSA) is 64.8 Å². The number of amides is 1. The van der Waals surface area contributed by atoms with E-state index in [0.717, 1.165) is 32.2 Å². The molecule has 5 nitrogen and oxygen atoms in total. The van der Waals surface area contributed by atoms with E-state index < -0.39 is 0 Å². The number of rotatable bonds is 8. The lowest BCUT2D eigenvalue weighted by Gasteiger charge is -2.24. The van der Waals surface area contributed by atoms with Gasteiger partial charge in [0.25, 0.3) is 5.91 Å². The SMILES string of the molecule is CCCCOc1ccc(C(=O)N2CCCC2CN)cc1OCC.Cl. The van der Waals surface area contributed by atoms with Gasteiger partial charge in [0, 0.05) is 24.7 Å². The van der Waals surface area contributed by atoms with Crippen molar-refractivity contribution in [3.8, 4) is 11.5 Å². The van der Waals surface area contributed by atoms with E-state index in [0.29, 0.717) is 36.8 Å². The molecule has 0 radical (unpaired) electrons. The fourth-order valence-electron chi connectivity index (χ4n) is 2.87. The quantitative estimate of drug-likeness (QED) is 0.726. The molecule has 1 aliphatic rings. The van der Waals surface area contributed by atoms with E-state index in [1.54, 1.807) is 6.07 Å². The van der Waals surface area contributed by atoms with E-state index in [4.69, 9.17) is 15.2 Å². The second kappa shape index (κ2) is 10.4. The summed E-state index contributed by atoms with van der Waals surface area (Å²) < 4.78 is 11.4. The first-order valence-electron chi connectivity index (χ1n) is 8.61. The summed E-state index contributed by atoms with van der Waals surface area (Å²) in [4.78, 5) is 14.6. The van der Waals surface area contributed by atoms with Crippen LogP contribution in [0.5, 0.6) is 11.5 Å². The van der Waals surface area contributed by atoms with Crippen molar-refractivity contribution < 1.29 is 14.3 Å². The van der Waals surface area contributed by atoms with Crippen LogP contribution < -0.4 is 15.2 Å². The predicted octanol–water partition coefficient (Wildman–Crippen LogP) is 3.25. The van der Waals surface area contributed by atoms with Crippen LogP contribution in [0.3, 0.4) is 0 Å². The minimum absolute atomic E-state index is 0. The highest BCUT2D eigenvalue weighted by molar-refractivity contribution is 5.95. The molecule has 1 amide bonds. The second-order valence-corrected chi connectivity index (χ2v) is 5.83. The minimum Gasteiger partial charge on any atom is -0.490 e. The smallest absolute Gasteiger partial charge is 0.254 e. The Balaban J connectivity index is 0.00000288. The molecule has 136 valence electrons. The van der Waals surface area contributed by atoms with Crippen molar-refractivity contribution in [2.24, 2.45) is 5.73 Å². The highest BCUT2D eigenvalue weighted by atomic mass is 35.5. The lowest BCUT2D eigenvalue weighted by atomic mass is 10.1. The molecule has 0 bridgehead atoms. The van der Waals surface area contributed by atoms with Gasteiger partial charge in [0.05, 0.1) is 13.2 Å². The first kappa shape index (κ1) is 20.6. The van der Waals surface area contributed by atoms with Gasteiger partial charge in [-0.1, -0.05) is 13.3 Å². The Kier molecular flexibility index (Phi) is 8.93. The fourth-order valence-corrected chi connectivity index (χ4v) is 2.87. The third-order valence-corrected chi connectivity index (χ3v) is 4.16. The average molecular weight is 357 g/mol. The van der Waals surface area contributed by atoms with Crippen LogP contribution in [0, 0.1) is 0 Å². The predicted molar refractivity (Wildman–Crippen MR) is 98.4 cm³/mol. The Bertz CT molecular complexity index is 525. The zero-order valence-corrected chi connectivity index (χ0v) is 15.4. The van der Waals surface area contributed by atoms with Crippen molar-refractivity contribution in [1.82, 2.24) is 4.90 Å². The maximum Gasteiger partial charge on any atom is 0.254 e. The number of ether oxygens (including phenoxy) is 2. The monoisotopic (exact) mass is 356 g/mol. The van der Waals surface area contributed by atoms with Crippen LogP contribution in [0.1, 0.15) is 49.9 Å². The minimum atomic E-state index is 0. The van der Waals surface area contributed by atoms with Crippen molar-refractivity contribution in [2.45, 2.75) is 45.6 Å². The molecule has 1 fully saturated rings. The van der Waals surface area contributed by atoms with Gasteiger partial charge in [-0.3, -0.25) is 4.79 Å². The number of halogens is 1. The van der Waals surface area contributed by atoms with Gasteiger partial charge in [-0.25, -0.2) is 0 Å². The summed E-state index contributed by atoms with van der Waals surface area (Å²) in [5.41, 5.74) is 6.41. The summed E-state index contributed by atoms with van der Waals surface area (Å²) in [5.74, 6) is 1.37. The van der Waals surface area contributed by atoms with Gasteiger partial charge < -0.3 is 20.1 Å². The van der Waals surface area contributed by atoms with Crippen LogP contribution in [0.2, 0.25) is 0 Å². The van der Waals surface area contributed by atoms with Crippen molar-refractivity contribution in [2.75, 3.05) is 26.3 Å². The number of hydrogen-bond acceptors (Lipinski definition) is 4. The number of nitrogens with two attached hydrogens (primary N) is 1. The average Bonchev–Trinajstić information content (AvgIpc) is 3.04. The molecule has 0 saturated carbocycles. The van der Waals surface area contributed by atoms with Gasteiger partial charge in [0.15, 0.2) is 11.5 Å². The molecule has 0 aliphatic carbocycles. The number of likely N-dealkylation sites (tertiary alicyclic amines) is 1. The zero-order chi connectivity index (χ0) is 16.7. The Hall–Kier alpha value is -1.46. The van der Waals surface area contributed by atoms with E-state index in [1.807, 2.05) is 24.0 Å². The molecule has 1 unspecified atom stereocenters. The van der Waals surface area contributed by atoms with Crippen LogP contribution in [-0.4, -0.2) is 43.2 Å². The van der Waals surface area contributed by atoms with E-state index >= 15 is 0 Å². The third kappa shape index (κ3) is 5.02. The van der Waals surface area contributed by atoms with Gasteiger partial charge in [-0.2, -0.15) is 0 Å². The summed E-state index contributed by atoms with van der Waals surface area (Å²) in [6.45, 7) is 6.54. The Morgan fingerprint density at radius 2 is 2.08 bits per heavy atom. The molecule has 2 rings (SSSR count). The van der Waals surface area contributed by atoms with Crippen LogP contribution >= 0.6 is 12.4 Å². The van der Waals surface area contributed by atoms with E-state index in [9.17, 15) is 4.79 Å². The molecule has 1 saturated heterocycles. The molecule has 1 aromatic rings. The van der Waals surface area contributed by atoms with Gasteiger partial charge in [0.1, 0.15) is 0 Å². The number of carbonyl (C=O) groups excluding carboxylic acids is 1. The first-order valence-corrected chi connectivity index (χ1v) is 8.61. The van der Waals surface area contributed by atoms with Crippen molar-refractivity contribution >= 4 is 18.3 Å². The maximum atomic E-state index is 12.7. The molecule has 1 aliphatic heterocycles. The Morgan fingerprint density at radius 3 is 2.75 bits per heavy atom. The van der Waals surface area contributed by atoms with Gasteiger partial charge in [0.2, 0.25) is 0 Å². The van der Waals surface area contributed by atoms with Crippen molar-refractivity contribution in [3.63, 3.8) is 0 Å². The maximum absolute atomic E-state index is 12.7. The Labute approximate surface area is 150 Å². The molecular weight excluding hydrogens is 328 g/mol.